The molecule has 0 spiro atoms. The van der Waals surface area contributed by atoms with Crippen molar-refractivity contribution in [1.82, 2.24) is 5.43 Å². The molecule has 0 aromatic heterocycles. The molecular weight excluding hydrogens is 328 g/mol. The van der Waals surface area contributed by atoms with Crippen LogP contribution in [0.25, 0.3) is 0 Å². The molecule has 0 aliphatic heterocycles. The highest BCUT2D eigenvalue weighted by Gasteiger charge is 2.02. The van der Waals surface area contributed by atoms with Crippen LogP contribution >= 0.6 is 23.4 Å². The first-order chi connectivity index (χ1) is 11.0. The van der Waals surface area contributed by atoms with Gasteiger partial charge in [0.15, 0.2) is 0 Å². The molecule has 0 bridgehead atoms. The molecule has 3 nitrogen and oxygen atoms in total. The number of benzene rings is 2. The lowest BCUT2D eigenvalue weighted by atomic mass is 10.1. The summed E-state index contributed by atoms with van der Waals surface area (Å²) in [4.78, 5) is 11.7. The fourth-order valence-electron chi connectivity index (χ4n) is 2.17. The van der Waals surface area contributed by atoms with Gasteiger partial charge in [-0.2, -0.15) is 5.10 Å². The van der Waals surface area contributed by atoms with E-state index in [2.05, 4.69) is 42.6 Å². The highest BCUT2D eigenvalue weighted by molar-refractivity contribution is 7.99. The maximum atomic E-state index is 11.7. The monoisotopic (exact) mass is 346 g/mol. The molecule has 0 saturated heterocycles. The van der Waals surface area contributed by atoms with E-state index in [0.717, 1.165) is 11.3 Å². The van der Waals surface area contributed by atoms with Gasteiger partial charge >= 0.3 is 0 Å². The molecule has 120 valence electrons. The van der Waals surface area contributed by atoms with E-state index in [0.29, 0.717) is 10.8 Å². The lowest BCUT2D eigenvalue weighted by molar-refractivity contribution is -0.118. The molecule has 0 unspecified atom stereocenters. The Bertz CT molecular complexity index is 678. The number of thioether (sulfide) groups is 1. The molecule has 1 N–H and O–H groups in total. The highest BCUT2D eigenvalue weighted by atomic mass is 35.5. The zero-order valence-electron chi connectivity index (χ0n) is 13.2. The Morgan fingerprint density at radius 3 is 2.48 bits per heavy atom. The Morgan fingerprint density at radius 1 is 1.17 bits per heavy atom. The minimum absolute atomic E-state index is 0.107. The third-order valence-corrected chi connectivity index (χ3v) is 4.31. The zero-order valence-corrected chi connectivity index (χ0v) is 14.7. The van der Waals surface area contributed by atoms with Crippen molar-refractivity contribution in [2.75, 3.05) is 5.75 Å². The number of nitrogens with zero attached hydrogens (tertiary/aromatic N) is 1. The van der Waals surface area contributed by atoms with Crippen molar-refractivity contribution in [3.05, 3.63) is 69.7 Å². The van der Waals surface area contributed by atoms with Gasteiger partial charge in [-0.1, -0.05) is 53.1 Å². The fourth-order valence-corrected chi connectivity index (χ4v) is 3.05. The van der Waals surface area contributed by atoms with Gasteiger partial charge in [-0.05, 0) is 37.1 Å². The summed E-state index contributed by atoms with van der Waals surface area (Å²) in [5, 5.41) is 4.62. The van der Waals surface area contributed by atoms with Gasteiger partial charge in [-0.25, -0.2) is 5.43 Å². The largest absolute Gasteiger partial charge is 0.272 e. The topological polar surface area (TPSA) is 41.5 Å². The molecule has 0 radical (unpaired) electrons. The number of rotatable bonds is 6. The predicted molar refractivity (Wildman–Crippen MR) is 99.3 cm³/mol. The maximum absolute atomic E-state index is 11.7. The molecule has 0 saturated carbocycles. The molecule has 0 aliphatic rings. The molecule has 2 aromatic carbocycles. The van der Waals surface area contributed by atoms with Crippen molar-refractivity contribution in [1.29, 1.82) is 0 Å². The van der Waals surface area contributed by atoms with Crippen LogP contribution in [-0.2, 0) is 10.5 Å². The SMILES string of the molecule is Cc1cc(C)cc(CSCC(=O)N/N=C\c2ccc(Cl)cc2)c1. The van der Waals surface area contributed by atoms with Crippen LogP contribution in [-0.4, -0.2) is 17.9 Å². The van der Waals surface area contributed by atoms with Crippen molar-refractivity contribution in [2.45, 2.75) is 19.6 Å². The number of nitrogens with one attached hydrogen (secondary N) is 1. The number of hydrazone groups is 1. The summed E-state index contributed by atoms with van der Waals surface area (Å²) < 4.78 is 0. The van der Waals surface area contributed by atoms with Gasteiger partial charge in [0.05, 0.1) is 12.0 Å². The minimum atomic E-state index is -0.107. The molecule has 2 rings (SSSR count). The van der Waals surface area contributed by atoms with Crippen molar-refractivity contribution in [3.8, 4) is 0 Å². The van der Waals surface area contributed by atoms with E-state index in [1.807, 2.05) is 12.1 Å². The third kappa shape index (κ3) is 6.47. The molecule has 0 aliphatic carbocycles. The highest BCUT2D eigenvalue weighted by Crippen LogP contribution is 2.15. The van der Waals surface area contributed by atoms with Gasteiger partial charge in [0, 0.05) is 10.8 Å². The van der Waals surface area contributed by atoms with Crippen LogP contribution in [0.4, 0.5) is 0 Å². The van der Waals surface area contributed by atoms with Crippen LogP contribution < -0.4 is 5.43 Å². The Kier molecular flexibility index (Phi) is 6.68. The normalized spacial score (nSPS) is 10.9. The summed E-state index contributed by atoms with van der Waals surface area (Å²) >= 11 is 7.38. The van der Waals surface area contributed by atoms with Crippen LogP contribution in [0.2, 0.25) is 5.02 Å². The lowest BCUT2D eigenvalue weighted by Gasteiger charge is -2.04. The Morgan fingerprint density at radius 2 is 1.83 bits per heavy atom. The molecule has 23 heavy (non-hydrogen) atoms. The molecule has 1 amide bonds. The summed E-state index contributed by atoms with van der Waals surface area (Å²) in [6.07, 6.45) is 1.60. The number of hydrogen-bond acceptors (Lipinski definition) is 3. The van der Waals surface area contributed by atoms with E-state index in [1.165, 1.54) is 16.7 Å². The standard InChI is InChI=1S/C18H19ClN2OS/c1-13-7-14(2)9-16(8-13)11-23-12-18(22)21-20-10-15-3-5-17(19)6-4-15/h3-10H,11-12H2,1-2H3,(H,21,22)/b20-10-. The molecule has 0 atom stereocenters. The Hall–Kier alpha value is -1.78. The predicted octanol–water partition coefficient (Wildman–Crippen LogP) is 4.34. The third-order valence-electron chi connectivity index (χ3n) is 3.06. The number of halogens is 1. The summed E-state index contributed by atoms with van der Waals surface area (Å²) in [5.74, 6) is 1.09. The molecule has 0 heterocycles. The van der Waals surface area contributed by atoms with Gasteiger partial charge in [0.2, 0.25) is 5.91 Å². The van der Waals surface area contributed by atoms with E-state index in [4.69, 9.17) is 11.6 Å². The van der Waals surface area contributed by atoms with Gasteiger partial charge in [0.25, 0.3) is 0 Å². The first-order valence-electron chi connectivity index (χ1n) is 7.25. The van der Waals surface area contributed by atoms with Gasteiger partial charge < -0.3 is 0 Å². The van der Waals surface area contributed by atoms with E-state index in [-0.39, 0.29) is 5.91 Å². The average Bonchev–Trinajstić information content (AvgIpc) is 2.48. The van der Waals surface area contributed by atoms with Crippen molar-refractivity contribution < 1.29 is 4.79 Å². The minimum Gasteiger partial charge on any atom is -0.272 e. The quantitative estimate of drug-likeness (QED) is 0.624. The molecule has 0 fully saturated rings. The van der Waals surface area contributed by atoms with Crippen molar-refractivity contribution in [3.63, 3.8) is 0 Å². The maximum Gasteiger partial charge on any atom is 0.250 e. The molecule has 5 heteroatoms. The molecule has 2 aromatic rings. The van der Waals surface area contributed by atoms with Crippen LogP contribution in [0.3, 0.4) is 0 Å². The van der Waals surface area contributed by atoms with Crippen LogP contribution in [0.5, 0.6) is 0 Å². The van der Waals surface area contributed by atoms with E-state index < -0.39 is 0 Å². The van der Waals surface area contributed by atoms with Gasteiger partial charge in [-0.15, -0.1) is 11.8 Å². The van der Waals surface area contributed by atoms with Gasteiger partial charge in [-0.3, -0.25) is 4.79 Å². The Labute approximate surface area is 146 Å². The molecular formula is C18H19ClN2OS. The number of carbonyl (C=O) groups is 1. The van der Waals surface area contributed by atoms with Crippen LogP contribution in [0.15, 0.2) is 47.6 Å². The van der Waals surface area contributed by atoms with Crippen molar-refractivity contribution >= 4 is 35.5 Å². The number of carbonyl (C=O) groups excluding carboxylic acids is 1. The van der Waals surface area contributed by atoms with E-state index >= 15 is 0 Å². The summed E-state index contributed by atoms with van der Waals surface area (Å²) in [6.45, 7) is 4.17. The number of amides is 1. The first kappa shape index (κ1) is 17.6. The summed E-state index contributed by atoms with van der Waals surface area (Å²) in [5.41, 5.74) is 7.15. The fraction of sp³-hybridized carbons (Fsp3) is 0.222. The summed E-state index contributed by atoms with van der Waals surface area (Å²) in [6, 6.07) is 13.7. The second kappa shape index (κ2) is 8.75. The summed E-state index contributed by atoms with van der Waals surface area (Å²) in [7, 11) is 0. The smallest absolute Gasteiger partial charge is 0.250 e. The second-order valence-electron chi connectivity index (χ2n) is 5.33. The zero-order chi connectivity index (χ0) is 16.7. The van der Waals surface area contributed by atoms with E-state index in [9.17, 15) is 4.79 Å². The second-order valence-corrected chi connectivity index (χ2v) is 6.76. The van der Waals surface area contributed by atoms with Crippen molar-refractivity contribution in [2.24, 2.45) is 5.10 Å². The van der Waals surface area contributed by atoms with E-state index in [1.54, 1.807) is 30.1 Å². The van der Waals surface area contributed by atoms with Gasteiger partial charge in [0.1, 0.15) is 0 Å². The first-order valence-corrected chi connectivity index (χ1v) is 8.78. The number of hydrogen-bond donors (Lipinski definition) is 1. The van der Waals surface area contributed by atoms with Crippen LogP contribution in [0, 0.1) is 13.8 Å². The lowest BCUT2D eigenvalue weighted by Crippen LogP contribution is -2.19. The van der Waals surface area contributed by atoms with Crippen LogP contribution in [0.1, 0.15) is 22.3 Å². The number of aryl methyl sites for hydroxylation is 2. The average molecular weight is 347 g/mol. The Balaban J connectivity index is 1.73.